The van der Waals surface area contributed by atoms with Crippen LogP contribution in [0.1, 0.15) is 31.3 Å². The topological polar surface area (TPSA) is 91.2 Å². The van der Waals surface area contributed by atoms with Crippen LogP contribution in [0.4, 0.5) is 5.69 Å². The number of anilines is 1. The fourth-order valence-electron chi connectivity index (χ4n) is 1.57. The van der Waals surface area contributed by atoms with Gasteiger partial charge in [-0.2, -0.15) is 0 Å². The van der Waals surface area contributed by atoms with Gasteiger partial charge in [0.2, 0.25) is 5.91 Å². The Morgan fingerprint density at radius 2 is 2.17 bits per heavy atom. The van der Waals surface area contributed by atoms with Gasteiger partial charge in [-0.25, -0.2) is 0 Å². The standard InChI is InChI=1S/C12H20N4O2/c1-4-16(7-11(17)15-8(2)3)12(18)10-5-9(13)6-14-10/h5-6,8,14H,4,7,13H2,1-3H3,(H,15,17). The number of carbonyl (C=O) groups is 2. The number of hydrogen-bond donors (Lipinski definition) is 3. The summed E-state index contributed by atoms with van der Waals surface area (Å²) >= 11 is 0. The first-order valence-electron chi connectivity index (χ1n) is 5.96. The van der Waals surface area contributed by atoms with Crippen LogP contribution < -0.4 is 11.1 Å². The summed E-state index contributed by atoms with van der Waals surface area (Å²) in [6.07, 6.45) is 1.55. The lowest BCUT2D eigenvalue weighted by Gasteiger charge is -2.20. The summed E-state index contributed by atoms with van der Waals surface area (Å²) in [5.74, 6) is -0.396. The Bertz CT molecular complexity index is 425. The van der Waals surface area contributed by atoms with Crippen molar-refractivity contribution >= 4 is 17.5 Å². The highest BCUT2D eigenvalue weighted by atomic mass is 16.2. The Kier molecular flexibility index (Phi) is 4.76. The molecule has 1 rings (SSSR count). The van der Waals surface area contributed by atoms with Crippen LogP contribution in [0.25, 0.3) is 0 Å². The molecule has 0 atom stereocenters. The molecule has 0 bridgehead atoms. The van der Waals surface area contributed by atoms with Crippen LogP contribution in [0.2, 0.25) is 0 Å². The summed E-state index contributed by atoms with van der Waals surface area (Å²) in [5, 5.41) is 2.75. The summed E-state index contributed by atoms with van der Waals surface area (Å²) in [4.78, 5) is 27.9. The Morgan fingerprint density at radius 1 is 1.50 bits per heavy atom. The van der Waals surface area contributed by atoms with Crippen molar-refractivity contribution in [1.82, 2.24) is 15.2 Å². The Labute approximate surface area is 107 Å². The van der Waals surface area contributed by atoms with Crippen molar-refractivity contribution in [3.63, 3.8) is 0 Å². The zero-order valence-corrected chi connectivity index (χ0v) is 11.0. The number of carbonyl (C=O) groups excluding carboxylic acids is 2. The zero-order chi connectivity index (χ0) is 13.7. The highest BCUT2D eigenvalue weighted by molar-refractivity contribution is 5.95. The number of likely N-dealkylation sites (N-methyl/N-ethyl adjacent to an activating group) is 1. The van der Waals surface area contributed by atoms with Crippen molar-refractivity contribution < 1.29 is 9.59 Å². The van der Waals surface area contributed by atoms with Crippen LogP contribution in [-0.2, 0) is 4.79 Å². The molecule has 0 radical (unpaired) electrons. The second kappa shape index (κ2) is 6.09. The van der Waals surface area contributed by atoms with Gasteiger partial charge in [0, 0.05) is 24.5 Å². The number of H-pyrrole nitrogens is 1. The van der Waals surface area contributed by atoms with E-state index < -0.39 is 0 Å². The van der Waals surface area contributed by atoms with Crippen LogP contribution >= 0.6 is 0 Å². The van der Waals surface area contributed by atoms with E-state index in [1.54, 1.807) is 12.3 Å². The molecule has 18 heavy (non-hydrogen) atoms. The minimum absolute atomic E-state index is 0.0481. The number of nitrogen functional groups attached to an aromatic ring is 1. The van der Waals surface area contributed by atoms with Crippen LogP contribution in [0.15, 0.2) is 12.3 Å². The smallest absolute Gasteiger partial charge is 0.270 e. The molecular weight excluding hydrogens is 232 g/mol. The van der Waals surface area contributed by atoms with E-state index in [2.05, 4.69) is 10.3 Å². The first kappa shape index (κ1) is 14.1. The highest BCUT2D eigenvalue weighted by Gasteiger charge is 2.18. The lowest BCUT2D eigenvalue weighted by Crippen LogP contribution is -2.42. The van der Waals surface area contributed by atoms with E-state index in [0.717, 1.165) is 0 Å². The predicted molar refractivity (Wildman–Crippen MR) is 70.1 cm³/mol. The number of nitrogens with two attached hydrogens (primary N) is 1. The number of aromatic amines is 1. The van der Waals surface area contributed by atoms with Crippen molar-refractivity contribution in [2.24, 2.45) is 0 Å². The third-order valence-corrected chi connectivity index (χ3v) is 2.39. The Hall–Kier alpha value is -1.98. The van der Waals surface area contributed by atoms with Gasteiger partial charge in [0.15, 0.2) is 0 Å². The van der Waals surface area contributed by atoms with E-state index in [4.69, 9.17) is 5.73 Å². The van der Waals surface area contributed by atoms with Crippen LogP contribution in [0, 0.1) is 0 Å². The molecule has 1 aromatic heterocycles. The first-order chi connectivity index (χ1) is 8.43. The van der Waals surface area contributed by atoms with E-state index >= 15 is 0 Å². The molecule has 0 spiro atoms. The van der Waals surface area contributed by atoms with Gasteiger partial charge in [-0.3, -0.25) is 9.59 Å². The van der Waals surface area contributed by atoms with Gasteiger partial charge in [0.05, 0.1) is 6.54 Å². The first-order valence-corrected chi connectivity index (χ1v) is 5.96. The number of hydrogen-bond acceptors (Lipinski definition) is 3. The molecule has 0 aromatic carbocycles. The Morgan fingerprint density at radius 3 is 2.61 bits per heavy atom. The van der Waals surface area contributed by atoms with Crippen LogP contribution in [0.3, 0.4) is 0 Å². The van der Waals surface area contributed by atoms with E-state index in [1.165, 1.54) is 4.90 Å². The SMILES string of the molecule is CCN(CC(=O)NC(C)C)C(=O)c1cc(N)c[nH]1. The average Bonchev–Trinajstić information content (AvgIpc) is 2.70. The monoisotopic (exact) mass is 252 g/mol. The van der Waals surface area contributed by atoms with Gasteiger partial charge >= 0.3 is 0 Å². The fraction of sp³-hybridized carbons (Fsp3) is 0.500. The van der Waals surface area contributed by atoms with E-state index in [-0.39, 0.29) is 24.4 Å². The maximum atomic E-state index is 12.1. The van der Waals surface area contributed by atoms with E-state index in [1.807, 2.05) is 20.8 Å². The van der Waals surface area contributed by atoms with Gasteiger partial charge in [-0.15, -0.1) is 0 Å². The number of aromatic nitrogens is 1. The summed E-state index contributed by atoms with van der Waals surface area (Å²) < 4.78 is 0. The molecule has 0 unspecified atom stereocenters. The molecule has 0 saturated carbocycles. The van der Waals surface area contributed by atoms with Crippen molar-refractivity contribution in [2.45, 2.75) is 26.8 Å². The van der Waals surface area contributed by atoms with E-state index in [9.17, 15) is 9.59 Å². The molecule has 1 heterocycles. The molecule has 0 aliphatic carbocycles. The largest absolute Gasteiger partial charge is 0.397 e. The van der Waals surface area contributed by atoms with Crippen molar-refractivity contribution in [3.8, 4) is 0 Å². The van der Waals surface area contributed by atoms with Crippen molar-refractivity contribution in [1.29, 1.82) is 0 Å². The zero-order valence-electron chi connectivity index (χ0n) is 11.0. The van der Waals surface area contributed by atoms with Crippen molar-refractivity contribution in [2.75, 3.05) is 18.8 Å². The molecule has 0 fully saturated rings. The molecule has 2 amide bonds. The maximum absolute atomic E-state index is 12.1. The molecule has 4 N–H and O–H groups in total. The molecule has 0 saturated heterocycles. The normalized spacial score (nSPS) is 10.4. The van der Waals surface area contributed by atoms with Crippen LogP contribution in [-0.4, -0.2) is 40.8 Å². The highest BCUT2D eigenvalue weighted by Crippen LogP contribution is 2.07. The maximum Gasteiger partial charge on any atom is 0.270 e. The molecular formula is C12H20N4O2. The van der Waals surface area contributed by atoms with Crippen LogP contribution in [0.5, 0.6) is 0 Å². The summed E-state index contributed by atoms with van der Waals surface area (Å²) in [5.41, 5.74) is 6.44. The lowest BCUT2D eigenvalue weighted by molar-refractivity contribution is -0.122. The van der Waals surface area contributed by atoms with Gasteiger partial charge in [-0.05, 0) is 26.8 Å². The minimum Gasteiger partial charge on any atom is -0.397 e. The van der Waals surface area contributed by atoms with Gasteiger partial charge in [-0.1, -0.05) is 0 Å². The number of nitrogens with zero attached hydrogens (tertiary/aromatic N) is 1. The van der Waals surface area contributed by atoms with Crippen molar-refractivity contribution in [3.05, 3.63) is 18.0 Å². The fourth-order valence-corrected chi connectivity index (χ4v) is 1.57. The second-order valence-electron chi connectivity index (χ2n) is 4.39. The summed E-state index contributed by atoms with van der Waals surface area (Å²) in [7, 11) is 0. The summed E-state index contributed by atoms with van der Waals surface area (Å²) in [6.45, 7) is 6.09. The molecule has 6 heteroatoms. The predicted octanol–water partition coefficient (Wildman–Crippen LogP) is 0.584. The molecule has 0 aliphatic heterocycles. The second-order valence-corrected chi connectivity index (χ2v) is 4.39. The van der Waals surface area contributed by atoms with E-state index in [0.29, 0.717) is 17.9 Å². The molecule has 100 valence electrons. The minimum atomic E-state index is -0.229. The number of nitrogens with one attached hydrogen (secondary N) is 2. The molecule has 1 aromatic rings. The molecule has 6 nitrogen and oxygen atoms in total. The summed E-state index contributed by atoms with van der Waals surface area (Å²) in [6, 6.07) is 1.62. The van der Waals surface area contributed by atoms with Gasteiger partial charge < -0.3 is 20.9 Å². The third kappa shape index (κ3) is 3.80. The van der Waals surface area contributed by atoms with Gasteiger partial charge in [0.25, 0.3) is 5.91 Å². The van der Waals surface area contributed by atoms with Gasteiger partial charge in [0.1, 0.15) is 5.69 Å². The Balaban J connectivity index is 2.66. The quantitative estimate of drug-likeness (QED) is 0.716. The number of rotatable bonds is 5. The lowest BCUT2D eigenvalue weighted by atomic mass is 10.3. The average molecular weight is 252 g/mol. The third-order valence-electron chi connectivity index (χ3n) is 2.39. The molecule has 0 aliphatic rings. The number of amides is 2.